The van der Waals surface area contributed by atoms with Crippen molar-refractivity contribution >= 4 is 48.8 Å². The summed E-state index contributed by atoms with van der Waals surface area (Å²) in [6.45, 7) is 0. The minimum Gasteiger partial charge on any atom is -0.792 e. The topological polar surface area (TPSA) is 0 Å². The van der Waals surface area contributed by atoms with Gasteiger partial charge in [0.15, 0.2) is 0 Å². The Morgan fingerprint density at radius 2 is 1.18 bits per heavy atom. The van der Waals surface area contributed by atoms with E-state index in [0.717, 1.165) is 23.0 Å². The van der Waals surface area contributed by atoms with Crippen molar-refractivity contribution in [3.63, 3.8) is 0 Å². The normalized spacial score (nSPS) is 10.4. The van der Waals surface area contributed by atoms with Gasteiger partial charge in [0, 0.05) is 0 Å². The van der Waals surface area contributed by atoms with Crippen molar-refractivity contribution in [3.05, 3.63) is 0 Å². The highest BCUT2D eigenvalue weighted by Crippen LogP contribution is 2.06. The van der Waals surface area contributed by atoms with E-state index < -0.39 is 0 Å². The first kappa shape index (κ1) is 12.4. The number of rotatable bonds is 8. The molecule has 0 aromatic carbocycles. The van der Waals surface area contributed by atoms with Crippen LogP contribution < -0.4 is 0 Å². The van der Waals surface area contributed by atoms with Crippen LogP contribution in [0.5, 0.6) is 0 Å². The molecule has 0 aromatic heterocycles. The van der Waals surface area contributed by atoms with Crippen LogP contribution in [0, 0.1) is 0 Å². The Labute approximate surface area is 89.5 Å². The zero-order valence-electron chi connectivity index (χ0n) is 6.58. The zero-order valence-corrected chi connectivity index (χ0v) is 9.85. The quantitative estimate of drug-likeness (QED) is 0.458. The van der Waals surface area contributed by atoms with Gasteiger partial charge in [-0.25, -0.2) is 0 Å². The van der Waals surface area contributed by atoms with E-state index in [1.165, 1.54) is 17.9 Å². The van der Waals surface area contributed by atoms with Crippen molar-refractivity contribution in [2.24, 2.45) is 0 Å². The molecule has 0 aliphatic heterocycles. The lowest BCUT2D eigenvalue weighted by molar-refractivity contribution is 1.12. The van der Waals surface area contributed by atoms with Crippen LogP contribution in [-0.4, -0.2) is 34.5 Å². The van der Waals surface area contributed by atoms with Crippen molar-refractivity contribution in [1.82, 2.24) is 0 Å². The largest absolute Gasteiger partial charge is 0.792 e. The Bertz CT molecular complexity index is 59.5. The molecule has 0 rings (SSSR count). The van der Waals surface area contributed by atoms with E-state index in [9.17, 15) is 0 Å². The van der Waals surface area contributed by atoms with Gasteiger partial charge in [0.2, 0.25) is 0 Å². The van der Waals surface area contributed by atoms with Gasteiger partial charge >= 0.3 is 0 Å². The van der Waals surface area contributed by atoms with E-state index in [4.69, 9.17) is 25.3 Å². The summed E-state index contributed by atoms with van der Waals surface area (Å²) >= 11 is 13.6. The number of hydrogen-bond donors (Lipinski definition) is 0. The van der Waals surface area contributed by atoms with Crippen LogP contribution in [0.1, 0.15) is 6.42 Å². The van der Waals surface area contributed by atoms with Gasteiger partial charge in [-0.15, -0.1) is 0 Å². The summed E-state index contributed by atoms with van der Waals surface area (Å²) in [5.41, 5.74) is 0. The fourth-order valence-corrected chi connectivity index (χ4v) is 2.82. The van der Waals surface area contributed by atoms with Gasteiger partial charge < -0.3 is 25.3 Å². The molecule has 0 saturated heterocycles. The Hall–Kier alpha value is 1.40. The number of hydrogen-bond acceptors (Lipinski definition) is 4. The lowest BCUT2D eigenvalue weighted by Gasteiger charge is -2.04. The van der Waals surface area contributed by atoms with E-state index in [2.05, 4.69) is 0 Å². The second-order valence-corrected chi connectivity index (χ2v) is 5.25. The molecule has 0 atom stereocenters. The molecule has 0 N–H and O–H groups in total. The molecule has 0 aromatic rings. The first-order valence-electron chi connectivity index (χ1n) is 3.73. The molecule has 0 radical (unpaired) electrons. The second kappa shape index (κ2) is 11.4. The lowest BCUT2D eigenvalue weighted by Crippen LogP contribution is -1.90. The van der Waals surface area contributed by atoms with Crippen molar-refractivity contribution in [2.45, 2.75) is 6.42 Å². The smallest absolute Gasteiger partial charge is 0.00604 e. The van der Waals surface area contributed by atoms with Crippen LogP contribution in [0.4, 0.5) is 0 Å². The van der Waals surface area contributed by atoms with E-state index in [0.29, 0.717) is 0 Å². The molecule has 0 bridgehead atoms. The summed E-state index contributed by atoms with van der Waals surface area (Å²) < 4.78 is 0. The molecule has 0 nitrogen and oxygen atoms in total. The van der Waals surface area contributed by atoms with Gasteiger partial charge in [-0.2, -0.15) is 35.0 Å². The van der Waals surface area contributed by atoms with Crippen molar-refractivity contribution in [1.29, 1.82) is 0 Å². The summed E-state index contributed by atoms with van der Waals surface area (Å²) in [7, 11) is 0. The number of thioether (sulfide) groups is 2. The molecule has 0 aliphatic carbocycles. The average molecular weight is 226 g/mol. The van der Waals surface area contributed by atoms with Crippen molar-refractivity contribution in [2.75, 3.05) is 34.5 Å². The van der Waals surface area contributed by atoms with Gasteiger partial charge in [-0.1, -0.05) is 0 Å². The van der Waals surface area contributed by atoms with E-state index in [-0.39, 0.29) is 0 Å². The third kappa shape index (κ3) is 11.4. The van der Waals surface area contributed by atoms with Crippen LogP contribution in [-0.2, 0) is 25.3 Å². The van der Waals surface area contributed by atoms with Gasteiger partial charge in [-0.05, 0) is 29.4 Å². The fraction of sp³-hybridized carbons (Fsp3) is 1.00. The molecular formula is C7H14S4-2. The molecule has 68 valence electrons. The summed E-state index contributed by atoms with van der Waals surface area (Å²) in [5, 5.41) is 0. The highest BCUT2D eigenvalue weighted by molar-refractivity contribution is 8.00. The first-order chi connectivity index (χ1) is 5.41. The van der Waals surface area contributed by atoms with Crippen LogP contribution in [0.2, 0.25) is 0 Å². The van der Waals surface area contributed by atoms with Gasteiger partial charge in [0.1, 0.15) is 0 Å². The fourth-order valence-electron chi connectivity index (χ4n) is 0.585. The lowest BCUT2D eigenvalue weighted by atomic mass is 10.6. The highest BCUT2D eigenvalue weighted by atomic mass is 32.2. The van der Waals surface area contributed by atoms with E-state index in [1.54, 1.807) is 0 Å². The van der Waals surface area contributed by atoms with Crippen molar-refractivity contribution in [3.8, 4) is 0 Å². The Morgan fingerprint density at radius 1 is 0.727 bits per heavy atom. The minimum atomic E-state index is 0.893. The molecule has 0 saturated carbocycles. The monoisotopic (exact) mass is 226 g/mol. The third-order valence-corrected chi connectivity index (χ3v) is 4.10. The summed E-state index contributed by atoms with van der Waals surface area (Å²) in [5.74, 6) is 6.60. The SMILES string of the molecule is [S-]CCSCCCSCC[S-]. The van der Waals surface area contributed by atoms with E-state index >= 15 is 0 Å². The summed E-state index contributed by atoms with van der Waals surface area (Å²) in [4.78, 5) is 0. The maximum absolute atomic E-state index is 4.83. The Kier molecular flexibility index (Phi) is 12.9. The molecule has 11 heavy (non-hydrogen) atoms. The molecule has 0 spiro atoms. The van der Waals surface area contributed by atoms with Crippen molar-refractivity contribution < 1.29 is 0 Å². The third-order valence-electron chi connectivity index (χ3n) is 1.03. The average Bonchev–Trinajstić information content (AvgIpc) is 2.03. The Morgan fingerprint density at radius 3 is 1.55 bits per heavy atom. The van der Waals surface area contributed by atoms with Crippen LogP contribution >= 0.6 is 23.5 Å². The molecule has 0 fully saturated rings. The maximum Gasteiger partial charge on any atom is -0.00604 e. The molecule has 4 heteroatoms. The van der Waals surface area contributed by atoms with E-state index in [1.807, 2.05) is 23.5 Å². The molecule has 0 aliphatic rings. The molecule has 0 heterocycles. The first-order valence-corrected chi connectivity index (χ1v) is 7.20. The molecular weight excluding hydrogens is 212 g/mol. The van der Waals surface area contributed by atoms with Gasteiger partial charge in [0.25, 0.3) is 0 Å². The zero-order chi connectivity index (χ0) is 8.36. The maximum atomic E-state index is 4.83. The molecule has 0 unspecified atom stereocenters. The minimum absolute atomic E-state index is 0.893. The Balaban J connectivity index is 2.69. The van der Waals surface area contributed by atoms with Crippen LogP contribution in [0.15, 0.2) is 0 Å². The van der Waals surface area contributed by atoms with Crippen LogP contribution in [0.3, 0.4) is 0 Å². The highest BCUT2D eigenvalue weighted by Gasteiger charge is 1.86. The summed E-state index contributed by atoms with van der Waals surface area (Å²) in [6.07, 6.45) is 1.31. The summed E-state index contributed by atoms with van der Waals surface area (Å²) in [6, 6.07) is 0. The van der Waals surface area contributed by atoms with Gasteiger partial charge in [0.05, 0.1) is 0 Å². The predicted octanol–water partition coefficient (Wildman–Crippen LogP) is 1.94. The molecule has 0 amide bonds. The van der Waals surface area contributed by atoms with Crippen LogP contribution in [0.25, 0.3) is 0 Å². The predicted molar refractivity (Wildman–Crippen MR) is 63.7 cm³/mol. The standard InChI is InChI=1S/C7H16S4/c8-2-6-10-4-1-5-11-7-3-9/h8-9H,1-7H2/p-2. The second-order valence-electron chi connectivity index (χ2n) is 1.99. The van der Waals surface area contributed by atoms with Gasteiger partial charge in [-0.3, -0.25) is 0 Å².